The number of hydrogen-bond donors (Lipinski definition) is 1. The first-order valence-corrected chi connectivity index (χ1v) is 7.51. The number of rotatable bonds is 4. The van der Waals surface area contributed by atoms with E-state index in [0.29, 0.717) is 13.1 Å². The molecule has 2 aromatic carbocycles. The van der Waals surface area contributed by atoms with Crippen LogP contribution in [0.5, 0.6) is 0 Å². The molecule has 4 heteroatoms. The predicted octanol–water partition coefficient (Wildman–Crippen LogP) is 2.37. The molecule has 1 unspecified atom stereocenters. The maximum Gasteiger partial charge on any atom is 0.237 e. The van der Waals surface area contributed by atoms with Gasteiger partial charge in [0.05, 0.1) is 6.54 Å². The highest BCUT2D eigenvalue weighted by Gasteiger charge is 2.27. The Hall–Kier alpha value is -2.20. The van der Waals surface area contributed by atoms with Gasteiger partial charge in [-0.25, -0.2) is 4.39 Å². The van der Waals surface area contributed by atoms with E-state index in [1.807, 2.05) is 35.2 Å². The molecule has 0 aliphatic carbocycles. The smallest absolute Gasteiger partial charge is 0.237 e. The summed E-state index contributed by atoms with van der Waals surface area (Å²) in [6.07, 6.45) is 0.728. The molecule has 114 valence electrons. The van der Waals surface area contributed by atoms with Crippen LogP contribution in [-0.4, -0.2) is 29.9 Å². The Morgan fingerprint density at radius 1 is 1.05 bits per heavy atom. The fourth-order valence-corrected chi connectivity index (χ4v) is 2.83. The van der Waals surface area contributed by atoms with E-state index >= 15 is 0 Å². The monoisotopic (exact) mass is 298 g/mol. The van der Waals surface area contributed by atoms with E-state index < -0.39 is 0 Å². The van der Waals surface area contributed by atoms with Crippen LogP contribution in [-0.2, 0) is 17.8 Å². The molecule has 22 heavy (non-hydrogen) atoms. The standard InChI is InChI=1S/C18H19FN2O/c19-16-8-6-14(7-9-16)10-17-11-20-12-18(22)21(17)13-15-4-2-1-3-5-15/h1-9,17,20H,10-13H2. The normalized spacial score (nSPS) is 18.5. The van der Waals surface area contributed by atoms with Gasteiger partial charge in [-0.2, -0.15) is 0 Å². The van der Waals surface area contributed by atoms with Gasteiger partial charge in [0.1, 0.15) is 5.82 Å². The summed E-state index contributed by atoms with van der Waals surface area (Å²) in [6, 6.07) is 16.6. The van der Waals surface area contributed by atoms with E-state index in [4.69, 9.17) is 0 Å². The second-order valence-electron chi connectivity index (χ2n) is 5.62. The molecule has 0 radical (unpaired) electrons. The molecule has 1 aliphatic heterocycles. The van der Waals surface area contributed by atoms with Crippen LogP contribution in [0.15, 0.2) is 54.6 Å². The number of nitrogens with one attached hydrogen (secondary N) is 1. The third kappa shape index (κ3) is 3.52. The number of piperazine rings is 1. The maximum atomic E-state index is 13.0. The fourth-order valence-electron chi connectivity index (χ4n) is 2.83. The van der Waals surface area contributed by atoms with Crippen molar-refractivity contribution in [2.75, 3.05) is 13.1 Å². The average molecular weight is 298 g/mol. The first-order chi connectivity index (χ1) is 10.7. The van der Waals surface area contributed by atoms with Crippen molar-refractivity contribution in [3.8, 4) is 0 Å². The minimum absolute atomic E-state index is 0.0897. The minimum atomic E-state index is -0.234. The van der Waals surface area contributed by atoms with Crippen LogP contribution in [0.3, 0.4) is 0 Å². The predicted molar refractivity (Wildman–Crippen MR) is 83.8 cm³/mol. The quantitative estimate of drug-likeness (QED) is 0.940. The Bertz CT molecular complexity index is 627. The van der Waals surface area contributed by atoms with Gasteiger partial charge in [-0.3, -0.25) is 4.79 Å². The van der Waals surface area contributed by atoms with Gasteiger partial charge in [-0.1, -0.05) is 42.5 Å². The van der Waals surface area contributed by atoms with Crippen LogP contribution >= 0.6 is 0 Å². The van der Waals surface area contributed by atoms with Crippen LogP contribution in [0.1, 0.15) is 11.1 Å². The molecule has 1 atom stereocenters. The number of carbonyl (C=O) groups excluding carboxylic acids is 1. The zero-order valence-electron chi connectivity index (χ0n) is 12.3. The van der Waals surface area contributed by atoms with Gasteiger partial charge in [0.15, 0.2) is 0 Å². The molecule has 0 aromatic heterocycles. The highest BCUT2D eigenvalue weighted by molar-refractivity contribution is 5.79. The van der Waals surface area contributed by atoms with Gasteiger partial charge in [-0.05, 0) is 29.7 Å². The molecule has 0 bridgehead atoms. The molecule has 3 rings (SSSR count). The summed E-state index contributed by atoms with van der Waals surface area (Å²) in [5.74, 6) is -0.120. The van der Waals surface area contributed by atoms with Gasteiger partial charge in [0.2, 0.25) is 5.91 Å². The van der Waals surface area contributed by atoms with Gasteiger partial charge in [0, 0.05) is 19.1 Å². The molecule has 1 amide bonds. The Morgan fingerprint density at radius 2 is 1.77 bits per heavy atom. The van der Waals surface area contributed by atoms with E-state index in [0.717, 1.165) is 24.1 Å². The van der Waals surface area contributed by atoms with Crippen LogP contribution < -0.4 is 5.32 Å². The van der Waals surface area contributed by atoms with Crippen molar-refractivity contribution in [2.45, 2.75) is 19.0 Å². The molecule has 1 N–H and O–H groups in total. The zero-order valence-corrected chi connectivity index (χ0v) is 12.3. The van der Waals surface area contributed by atoms with Gasteiger partial charge in [0.25, 0.3) is 0 Å². The third-order valence-corrected chi connectivity index (χ3v) is 4.00. The zero-order chi connectivity index (χ0) is 15.4. The van der Waals surface area contributed by atoms with Crippen molar-refractivity contribution < 1.29 is 9.18 Å². The lowest BCUT2D eigenvalue weighted by Crippen LogP contribution is -2.55. The van der Waals surface area contributed by atoms with E-state index in [1.54, 1.807) is 12.1 Å². The van der Waals surface area contributed by atoms with E-state index in [9.17, 15) is 9.18 Å². The number of amides is 1. The van der Waals surface area contributed by atoms with Crippen molar-refractivity contribution in [1.29, 1.82) is 0 Å². The van der Waals surface area contributed by atoms with Crippen molar-refractivity contribution >= 4 is 5.91 Å². The molecule has 1 fully saturated rings. The largest absolute Gasteiger partial charge is 0.333 e. The molecule has 0 spiro atoms. The summed E-state index contributed by atoms with van der Waals surface area (Å²) in [5.41, 5.74) is 2.17. The van der Waals surface area contributed by atoms with Crippen LogP contribution in [0.4, 0.5) is 4.39 Å². The van der Waals surface area contributed by atoms with E-state index in [2.05, 4.69) is 5.32 Å². The topological polar surface area (TPSA) is 32.3 Å². The minimum Gasteiger partial charge on any atom is -0.333 e. The number of benzene rings is 2. The SMILES string of the molecule is O=C1CNCC(Cc2ccc(F)cc2)N1Cc1ccccc1. The first-order valence-electron chi connectivity index (χ1n) is 7.51. The van der Waals surface area contributed by atoms with Crippen LogP contribution in [0, 0.1) is 5.82 Å². The lowest BCUT2D eigenvalue weighted by molar-refractivity contribution is -0.135. The van der Waals surface area contributed by atoms with E-state index in [-0.39, 0.29) is 17.8 Å². The Labute approximate surface area is 129 Å². The van der Waals surface area contributed by atoms with Gasteiger partial charge in [-0.15, -0.1) is 0 Å². The Balaban J connectivity index is 1.75. The number of carbonyl (C=O) groups is 1. The van der Waals surface area contributed by atoms with Crippen LogP contribution in [0.25, 0.3) is 0 Å². The highest BCUT2D eigenvalue weighted by atomic mass is 19.1. The van der Waals surface area contributed by atoms with Gasteiger partial charge >= 0.3 is 0 Å². The van der Waals surface area contributed by atoms with Crippen molar-refractivity contribution in [3.63, 3.8) is 0 Å². The number of nitrogens with zero attached hydrogens (tertiary/aromatic N) is 1. The second-order valence-corrected chi connectivity index (χ2v) is 5.62. The van der Waals surface area contributed by atoms with Crippen molar-refractivity contribution in [3.05, 3.63) is 71.5 Å². The summed E-state index contributed by atoms with van der Waals surface area (Å²) in [4.78, 5) is 14.2. The first kappa shape index (κ1) is 14.7. The molecule has 3 nitrogen and oxygen atoms in total. The summed E-state index contributed by atoms with van der Waals surface area (Å²) >= 11 is 0. The van der Waals surface area contributed by atoms with E-state index in [1.165, 1.54) is 12.1 Å². The van der Waals surface area contributed by atoms with Gasteiger partial charge < -0.3 is 10.2 Å². The molecule has 2 aromatic rings. The molecular formula is C18H19FN2O. The lowest BCUT2D eigenvalue weighted by Gasteiger charge is -2.36. The fraction of sp³-hybridized carbons (Fsp3) is 0.278. The summed E-state index contributed by atoms with van der Waals surface area (Å²) in [7, 11) is 0. The molecular weight excluding hydrogens is 279 g/mol. The molecule has 1 heterocycles. The summed E-state index contributed by atoms with van der Waals surface area (Å²) < 4.78 is 13.0. The average Bonchev–Trinajstić information content (AvgIpc) is 2.54. The third-order valence-electron chi connectivity index (χ3n) is 4.00. The lowest BCUT2D eigenvalue weighted by atomic mass is 10.0. The number of hydrogen-bond acceptors (Lipinski definition) is 2. The second kappa shape index (κ2) is 6.71. The highest BCUT2D eigenvalue weighted by Crippen LogP contribution is 2.16. The Morgan fingerprint density at radius 3 is 2.50 bits per heavy atom. The molecule has 1 aliphatic rings. The number of halogens is 1. The maximum absolute atomic E-state index is 13.0. The van der Waals surface area contributed by atoms with Crippen molar-refractivity contribution in [1.82, 2.24) is 10.2 Å². The molecule has 1 saturated heterocycles. The molecule has 0 saturated carbocycles. The summed E-state index contributed by atoms with van der Waals surface area (Å²) in [5, 5.41) is 3.17. The van der Waals surface area contributed by atoms with Crippen molar-refractivity contribution in [2.24, 2.45) is 0 Å². The summed E-state index contributed by atoms with van der Waals surface area (Å²) in [6.45, 7) is 1.76. The Kier molecular flexibility index (Phi) is 4.49. The van der Waals surface area contributed by atoms with Crippen LogP contribution in [0.2, 0.25) is 0 Å².